The Bertz CT molecular complexity index is 2060. The first-order chi connectivity index (χ1) is 41.1. The van der Waals surface area contributed by atoms with Gasteiger partial charge in [-0.15, -0.1) is 0 Å². The van der Waals surface area contributed by atoms with E-state index in [2.05, 4.69) is 21.3 Å². The first-order valence-corrected chi connectivity index (χ1v) is 27.9. The summed E-state index contributed by atoms with van der Waals surface area (Å²) in [7, 11) is 6.32. The molecule has 30 nitrogen and oxygen atoms in total. The van der Waals surface area contributed by atoms with Gasteiger partial charge in [0.1, 0.15) is 25.1 Å². The Kier molecular flexibility index (Phi) is 45.2. The molecule has 0 fully saturated rings. The summed E-state index contributed by atoms with van der Waals surface area (Å²) in [6, 6.07) is 0. The number of Topliss-reactive ketones (excluding diaryl/α,β-unsaturated/α-hetero) is 1. The van der Waals surface area contributed by atoms with Gasteiger partial charge >= 0.3 is 12.1 Å². The number of carbonyl (C=O) groups is 12. The van der Waals surface area contributed by atoms with Crippen LogP contribution in [0.3, 0.4) is 0 Å². The second-order valence-electron chi connectivity index (χ2n) is 18.1. The van der Waals surface area contributed by atoms with Gasteiger partial charge in [-0.25, -0.2) is 4.79 Å². The molecular weight excluding hydrogens is 1130 g/mol. The Morgan fingerprint density at radius 2 is 0.729 bits per heavy atom. The largest absolute Gasteiger partial charge is 0.463 e. The molecule has 0 aliphatic carbocycles. The summed E-state index contributed by atoms with van der Waals surface area (Å²) < 4.78 is 56.6. The SMILES string of the molecule is COCCOCCCC(=O)OCC(COC(=O)NCCOCCOC)OCCCC(=O)CCCNC(=O)CCN1C(=O)C=CC1=O.COCCOCCCNC(=O)CCN1C(=O)C=CC1=O.COCCOCCNC(=O)CCN1C(=O)C=CC1=O. The number of hydrogen-bond acceptors (Lipinski definition) is 23. The fourth-order valence-electron chi connectivity index (χ4n) is 6.83. The number of ether oxygens (including phenoxy) is 11. The molecule has 480 valence electrons. The number of amides is 10. The molecular formula is C55H87N7O23. The lowest BCUT2D eigenvalue weighted by Gasteiger charge is -2.18. The molecule has 1 unspecified atom stereocenters. The Morgan fingerprint density at radius 1 is 0.376 bits per heavy atom. The molecule has 0 radical (unpaired) electrons. The molecule has 3 aliphatic rings. The summed E-state index contributed by atoms with van der Waals surface area (Å²) in [5, 5.41) is 10.6. The number of nitrogens with one attached hydrogen (secondary N) is 4. The van der Waals surface area contributed by atoms with Crippen molar-refractivity contribution >= 4 is 71.0 Å². The molecule has 3 aliphatic heterocycles. The molecule has 0 aromatic heterocycles. The number of alkyl carbamates (subject to hydrolysis) is 1. The van der Waals surface area contributed by atoms with Gasteiger partial charge in [-0.2, -0.15) is 0 Å². The van der Waals surface area contributed by atoms with E-state index in [0.717, 1.165) is 26.9 Å². The van der Waals surface area contributed by atoms with E-state index in [0.29, 0.717) is 111 Å². The number of ketones is 1. The zero-order chi connectivity index (χ0) is 62.7. The Labute approximate surface area is 495 Å². The summed E-state index contributed by atoms with van der Waals surface area (Å²) in [5.74, 6) is -3.55. The summed E-state index contributed by atoms with van der Waals surface area (Å²) in [4.78, 5) is 142. The van der Waals surface area contributed by atoms with Crippen LogP contribution in [0.1, 0.15) is 64.2 Å². The van der Waals surface area contributed by atoms with Gasteiger partial charge in [-0.3, -0.25) is 67.4 Å². The lowest BCUT2D eigenvalue weighted by Crippen LogP contribution is -2.35. The Morgan fingerprint density at radius 3 is 1.16 bits per heavy atom. The van der Waals surface area contributed by atoms with Crippen LogP contribution in [-0.2, 0) is 105 Å². The predicted molar refractivity (Wildman–Crippen MR) is 299 cm³/mol. The van der Waals surface area contributed by atoms with Crippen molar-refractivity contribution in [1.29, 1.82) is 0 Å². The first kappa shape index (κ1) is 76.1. The van der Waals surface area contributed by atoms with Crippen LogP contribution in [0.4, 0.5) is 4.79 Å². The normalized spacial score (nSPS) is 13.6. The maximum atomic E-state index is 12.3. The quantitative estimate of drug-likeness (QED) is 0.0318. The average molecular weight is 1210 g/mol. The molecule has 85 heavy (non-hydrogen) atoms. The Hall–Kier alpha value is -6.90. The molecule has 0 saturated carbocycles. The van der Waals surface area contributed by atoms with Crippen molar-refractivity contribution in [3.05, 3.63) is 36.5 Å². The van der Waals surface area contributed by atoms with Gasteiger partial charge in [0.15, 0.2) is 0 Å². The maximum absolute atomic E-state index is 12.3. The van der Waals surface area contributed by atoms with E-state index >= 15 is 0 Å². The molecule has 0 spiro atoms. The van der Waals surface area contributed by atoms with Gasteiger partial charge in [0.25, 0.3) is 35.4 Å². The topological polar surface area (TPSA) is 364 Å². The van der Waals surface area contributed by atoms with Crippen LogP contribution in [0.2, 0.25) is 0 Å². The van der Waals surface area contributed by atoms with E-state index in [9.17, 15) is 57.5 Å². The van der Waals surface area contributed by atoms with Crippen molar-refractivity contribution in [1.82, 2.24) is 36.0 Å². The van der Waals surface area contributed by atoms with E-state index in [1.54, 1.807) is 28.4 Å². The summed E-state index contributed by atoms with van der Waals surface area (Å²) in [6.07, 6.45) is 8.55. The average Bonchev–Trinajstić information content (AvgIpc) is 4.34. The number of hydrogen-bond donors (Lipinski definition) is 4. The number of carbonyl (C=O) groups excluding carboxylic acids is 12. The molecule has 3 rings (SSSR count). The minimum Gasteiger partial charge on any atom is -0.463 e. The predicted octanol–water partition coefficient (Wildman–Crippen LogP) is -1.14. The summed E-state index contributed by atoms with van der Waals surface area (Å²) in [5.41, 5.74) is 0. The zero-order valence-electron chi connectivity index (χ0n) is 49.4. The molecule has 3 heterocycles. The molecule has 30 heteroatoms. The fourth-order valence-corrected chi connectivity index (χ4v) is 6.83. The molecule has 0 bridgehead atoms. The first-order valence-electron chi connectivity index (χ1n) is 27.9. The molecule has 1 atom stereocenters. The number of methoxy groups -OCH3 is 4. The van der Waals surface area contributed by atoms with Crippen molar-refractivity contribution in [2.24, 2.45) is 0 Å². The second kappa shape index (κ2) is 50.4. The van der Waals surface area contributed by atoms with E-state index in [1.165, 1.54) is 24.3 Å². The highest BCUT2D eigenvalue weighted by atomic mass is 16.6. The zero-order valence-corrected chi connectivity index (χ0v) is 49.4. The van der Waals surface area contributed by atoms with E-state index in [4.69, 9.17) is 52.1 Å². The lowest BCUT2D eigenvalue weighted by atomic mass is 10.1. The van der Waals surface area contributed by atoms with Gasteiger partial charge in [-0.1, -0.05) is 0 Å². The van der Waals surface area contributed by atoms with Gasteiger partial charge < -0.3 is 73.4 Å². The van der Waals surface area contributed by atoms with Gasteiger partial charge in [0.05, 0.1) is 66.1 Å². The van der Waals surface area contributed by atoms with Crippen molar-refractivity contribution in [2.45, 2.75) is 70.3 Å². The summed E-state index contributed by atoms with van der Waals surface area (Å²) >= 11 is 0. The molecule has 10 amide bonds. The number of esters is 1. The number of imide groups is 3. The third kappa shape index (κ3) is 40.1. The highest BCUT2D eigenvalue weighted by Crippen LogP contribution is 2.08. The van der Waals surface area contributed by atoms with Crippen LogP contribution in [0.5, 0.6) is 0 Å². The third-order valence-corrected chi connectivity index (χ3v) is 11.4. The monoisotopic (exact) mass is 1210 g/mol. The number of nitrogens with zero attached hydrogens (tertiary/aromatic N) is 3. The van der Waals surface area contributed by atoms with Crippen LogP contribution in [0, 0.1) is 0 Å². The van der Waals surface area contributed by atoms with E-state index < -0.39 is 30.0 Å². The number of rotatable bonds is 48. The van der Waals surface area contributed by atoms with Crippen LogP contribution in [0.15, 0.2) is 36.5 Å². The lowest BCUT2D eigenvalue weighted by molar-refractivity contribution is -0.149. The van der Waals surface area contributed by atoms with Crippen molar-refractivity contribution in [2.75, 3.05) is 173 Å². The van der Waals surface area contributed by atoms with Gasteiger partial charge in [0, 0.05) is 169 Å². The second-order valence-corrected chi connectivity index (χ2v) is 18.1. The van der Waals surface area contributed by atoms with Crippen LogP contribution in [-0.4, -0.2) is 265 Å². The molecule has 4 N–H and O–H groups in total. The molecule has 0 saturated heterocycles. The minimum atomic E-state index is -0.738. The van der Waals surface area contributed by atoms with Crippen LogP contribution >= 0.6 is 0 Å². The van der Waals surface area contributed by atoms with Gasteiger partial charge in [-0.05, 0) is 25.7 Å². The minimum absolute atomic E-state index is 0.000114. The van der Waals surface area contributed by atoms with Gasteiger partial charge in [0.2, 0.25) is 17.7 Å². The Balaban J connectivity index is 0.000000754. The molecule has 0 aromatic rings. The highest BCUT2D eigenvalue weighted by Gasteiger charge is 2.26. The highest BCUT2D eigenvalue weighted by molar-refractivity contribution is 6.14. The van der Waals surface area contributed by atoms with Crippen molar-refractivity contribution in [3.63, 3.8) is 0 Å². The maximum Gasteiger partial charge on any atom is 0.407 e. The van der Waals surface area contributed by atoms with Crippen molar-refractivity contribution in [3.8, 4) is 0 Å². The molecule has 0 aromatic carbocycles. The van der Waals surface area contributed by atoms with E-state index in [1.807, 2.05) is 0 Å². The summed E-state index contributed by atoms with van der Waals surface area (Å²) in [6.45, 7) is 6.94. The third-order valence-electron chi connectivity index (χ3n) is 11.4. The van der Waals surface area contributed by atoms with Crippen LogP contribution in [0.25, 0.3) is 0 Å². The van der Waals surface area contributed by atoms with E-state index in [-0.39, 0.29) is 145 Å². The van der Waals surface area contributed by atoms with Crippen molar-refractivity contribution < 1.29 is 110 Å². The smallest absolute Gasteiger partial charge is 0.407 e. The van der Waals surface area contributed by atoms with Crippen LogP contribution < -0.4 is 21.3 Å². The fraction of sp³-hybridized carbons (Fsp3) is 0.673. The standard InChI is InChI=1S/C30H49N3O13.C13H20N2O5.C12H18N2O5/c1-40-18-20-42-15-5-8-29(38)45-22-25(23-46-30(39)32-13-17-43-21-19-41-2)44-16-4-7-24(34)6-3-12-31-26(35)11-14-33-27(36)9-10-28(33)37;1-19-9-10-20-8-2-6-14-11(16)5-7-15-12(17)3-4-13(15)18;1-18-8-9-19-7-5-13-10(15)4-6-14-11(16)2-3-12(14)17/h9-10,25H,3-8,11-23H2,1-2H3,(H,31,35)(H,32,39);3-4H,2,5-10H2,1H3,(H,14,16);2-3H,4-9H2,1H3,(H,13,15).